The van der Waals surface area contributed by atoms with Gasteiger partial charge in [0.05, 0.1) is 42.2 Å². The van der Waals surface area contributed by atoms with E-state index >= 15 is 0 Å². The van der Waals surface area contributed by atoms with Crippen LogP contribution in [0.15, 0.2) is 76.7 Å². The second-order valence-electron chi connectivity index (χ2n) is 14.2. The number of fused-ring (bicyclic) bond motifs is 2. The summed E-state index contributed by atoms with van der Waals surface area (Å²) in [6, 6.07) is 21.6. The first kappa shape index (κ1) is 40.7. The summed E-state index contributed by atoms with van der Waals surface area (Å²) in [5.74, 6) is 4.35. The molecule has 0 aliphatic carbocycles. The molecule has 6 rings (SSSR count). The number of rotatable bonds is 8. The number of hydrogen-bond acceptors (Lipinski definition) is 8. The molecule has 0 amide bonds. The molecular weight excluding hydrogens is 626 g/mol. The molecule has 0 spiro atoms. The van der Waals surface area contributed by atoms with E-state index in [0.717, 1.165) is 38.9 Å². The predicted molar refractivity (Wildman–Crippen MR) is 201 cm³/mol. The van der Waals surface area contributed by atoms with Crippen molar-refractivity contribution in [2.24, 2.45) is 9.98 Å². The Morgan fingerprint density at radius 2 is 1.50 bits per heavy atom. The lowest BCUT2D eigenvalue weighted by Crippen LogP contribution is -2.38. The van der Waals surface area contributed by atoms with Crippen molar-refractivity contribution in [3.63, 3.8) is 0 Å². The minimum absolute atomic E-state index is 0.203. The molecule has 272 valence electrons. The predicted octanol–water partition coefficient (Wildman–Crippen LogP) is 7.50. The highest BCUT2D eigenvalue weighted by atomic mass is 16.7. The molecule has 0 aromatic heterocycles. The van der Waals surface area contributed by atoms with Gasteiger partial charge in [-0.2, -0.15) is 0 Å². The molecule has 1 fully saturated rings. The molecule has 1 unspecified atom stereocenters. The van der Waals surface area contributed by atoms with Gasteiger partial charge in [-0.15, -0.1) is 6.42 Å². The van der Waals surface area contributed by atoms with E-state index in [4.69, 9.17) is 30.1 Å². The van der Waals surface area contributed by atoms with Crippen molar-refractivity contribution in [3.05, 3.63) is 94.1 Å². The minimum Gasteiger partial charge on any atom is -0.491 e. The van der Waals surface area contributed by atoms with Crippen LogP contribution in [0.5, 0.6) is 11.5 Å². The monoisotopic (exact) mass is 685 g/mol. The number of hydrogen-bond donors (Lipinski definition) is 0. The van der Waals surface area contributed by atoms with Crippen molar-refractivity contribution < 1.29 is 23.7 Å². The Balaban J connectivity index is 0.000000183. The van der Waals surface area contributed by atoms with Crippen LogP contribution in [0.3, 0.4) is 0 Å². The summed E-state index contributed by atoms with van der Waals surface area (Å²) in [6.07, 6.45) is 8.44. The number of para-hydroxylation sites is 1. The van der Waals surface area contributed by atoms with E-state index in [2.05, 4.69) is 41.6 Å². The minimum atomic E-state index is -0.276. The Hall–Kier alpha value is -3.74. The van der Waals surface area contributed by atoms with Crippen LogP contribution >= 0.6 is 0 Å². The van der Waals surface area contributed by atoms with Crippen LogP contribution in [0, 0.1) is 12.3 Å². The number of terminal acetylenes is 1. The maximum absolute atomic E-state index is 5.64. The summed E-state index contributed by atoms with van der Waals surface area (Å²) in [7, 11) is 0. The SMILES string of the molecule is C#Cc1ccc(COC(C)C)cc1.CC(C)(C)N1CCCC1.CC(C)OCC1OCc2ccccc2O1.CC(C)Oc1ccc2c(c1)=NCN=2. The molecule has 3 aliphatic rings. The van der Waals surface area contributed by atoms with Crippen LogP contribution in [0.4, 0.5) is 0 Å². The van der Waals surface area contributed by atoms with Gasteiger partial charge in [0.15, 0.2) is 0 Å². The number of ether oxygens (including phenoxy) is 5. The van der Waals surface area contributed by atoms with Gasteiger partial charge in [-0.3, -0.25) is 14.9 Å². The van der Waals surface area contributed by atoms with Crippen molar-refractivity contribution in [2.45, 2.75) is 119 Å². The molecule has 0 saturated carbocycles. The van der Waals surface area contributed by atoms with Gasteiger partial charge >= 0.3 is 0 Å². The molecule has 8 heteroatoms. The van der Waals surface area contributed by atoms with Crippen LogP contribution in [-0.4, -0.2) is 61.4 Å². The van der Waals surface area contributed by atoms with Crippen LogP contribution in [0.1, 0.15) is 91.8 Å². The first-order valence-corrected chi connectivity index (χ1v) is 17.9. The molecule has 3 aliphatic heterocycles. The zero-order chi connectivity index (χ0) is 36.5. The van der Waals surface area contributed by atoms with Gasteiger partial charge in [-0.25, -0.2) is 0 Å². The quantitative estimate of drug-likeness (QED) is 0.229. The molecule has 0 bridgehead atoms. The van der Waals surface area contributed by atoms with Gasteiger partial charge in [0.25, 0.3) is 0 Å². The van der Waals surface area contributed by atoms with Gasteiger partial charge in [0, 0.05) is 22.7 Å². The van der Waals surface area contributed by atoms with E-state index in [0.29, 0.717) is 32.0 Å². The van der Waals surface area contributed by atoms with Crippen molar-refractivity contribution in [2.75, 3.05) is 26.4 Å². The lowest BCUT2D eigenvalue weighted by molar-refractivity contribution is -0.150. The highest BCUT2D eigenvalue weighted by Crippen LogP contribution is 2.25. The maximum atomic E-state index is 5.64. The Morgan fingerprint density at radius 3 is 2.10 bits per heavy atom. The molecule has 50 heavy (non-hydrogen) atoms. The third-order valence-corrected chi connectivity index (χ3v) is 7.78. The largest absolute Gasteiger partial charge is 0.491 e. The summed E-state index contributed by atoms with van der Waals surface area (Å²) in [5.41, 5.74) is 3.58. The summed E-state index contributed by atoms with van der Waals surface area (Å²) < 4.78 is 27.6. The molecule has 3 aromatic carbocycles. The third kappa shape index (κ3) is 15.0. The first-order chi connectivity index (χ1) is 23.8. The van der Waals surface area contributed by atoms with Gasteiger partial charge in [0.1, 0.15) is 24.8 Å². The first-order valence-electron chi connectivity index (χ1n) is 17.9. The average molecular weight is 686 g/mol. The van der Waals surface area contributed by atoms with Gasteiger partial charge in [-0.1, -0.05) is 36.3 Å². The van der Waals surface area contributed by atoms with E-state index < -0.39 is 0 Å². The molecule has 0 N–H and O–H groups in total. The smallest absolute Gasteiger partial charge is 0.223 e. The molecule has 8 nitrogen and oxygen atoms in total. The van der Waals surface area contributed by atoms with Crippen LogP contribution < -0.4 is 20.2 Å². The topological polar surface area (TPSA) is 74.1 Å². The third-order valence-electron chi connectivity index (χ3n) is 7.78. The fourth-order valence-corrected chi connectivity index (χ4v) is 5.09. The number of benzene rings is 3. The summed E-state index contributed by atoms with van der Waals surface area (Å²) >= 11 is 0. The van der Waals surface area contributed by atoms with Crippen molar-refractivity contribution in [3.8, 4) is 23.8 Å². The molecular formula is C42H59N3O5. The fourth-order valence-electron chi connectivity index (χ4n) is 5.09. The van der Waals surface area contributed by atoms with Crippen molar-refractivity contribution >= 4 is 0 Å². The Labute approximate surface area is 300 Å². The van der Waals surface area contributed by atoms with Crippen LogP contribution in [-0.2, 0) is 27.4 Å². The lowest BCUT2D eigenvalue weighted by Gasteiger charge is -2.31. The van der Waals surface area contributed by atoms with E-state index in [1.807, 2.05) is 108 Å². The summed E-state index contributed by atoms with van der Waals surface area (Å²) in [6.45, 7) is 23.8. The molecule has 0 radical (unpaired) electrons. The fraction of sp³-hybridized carbons (Fsp3) is 0.524. The van der Waals surface area contributed by atoms with Gasteiger partial charge in [-0.05, 0) is 124 Å². The van der Waals surface area contributed by atoms with E-state index in [-0.39, 0.29) is 24.6 Å². The zero-order valence-electron chi connectivity index (χ0n) is 31.8. The van der Waals surface area contributed by atoms with E-state index in [1.165, 1.54) is 25.9 Å². The van der Waals surface area contributed by atoms with E-state index in [1.54, 1.807) is 0 Å². The maximum Gasteiger partial charge on any atom is 0.223 e. The second kappa shape index (κ2) is 20.8. The molecule has 3 aromatic rings. The highest BCUT2D eigenvalue weighted by Gasteiger charge is 2.23. The zero-order valence-corrected chi connectivity index (χ0v) is 31.8. The standard InChI is InChI=1S/C12H16O3.C12H14O.C10H12N2O.C8H17N/c1-9(2)13-8-12-14-7-10-5-3-4-6-11(10)15-12;1-4-11-5-7-12(8-6-11)9-13-10(2)3;1-7(2)13-8-3-4-9-10(5-8)12-6-11-9;1-8(2,3)9-6-4-5-7-9/h3-6,9,12H,7-8H2,1-2H3;1,5-8,10H,9H2,2-3H3;3-5,7H,6H2,1-2H3;4-7H2,1-3H3. The average Bonchev–Trinajstić information content (AvgIpc) is 3.80. The van der Waals surface area contributed by atoms with Gasteiger partial charge < -0.3 is 23.7 Å². The van der Waals surface area contributed by atoms with Crippen molar-refractivity contribution in [1.82, 2.24) is 4.90 Å². The normalized spacial score (nSPS) is 16.2. The van der Waals surface area contributed by atoms with Crippen molar-refractivity contribution in [1.29, 1.82) is 0 Å². The Bertz CT molecular complexity index is 1580. The highest BCUT2D eigenvalue weighted by molar-refractivity contribution is 5.34. The number of nitrogens with zero attached hydrogens (tertiary/aromatic N) is 3. The van der Waals surface area contributed by atoms with Gasteiger partial charge in [0.2, 0.25) is 6.29 Å². The van der Waals surface area contributed by atoms with Crippen LogP contribution in [0.25, 0.3) is 0 Å². The van der Waals surface area contributed by atoms with E-state index in [9.17, 15) is 0 Å². The Morgan fingerprint density at radius 1 is 0.840 bits per heavy atom. The Kier molecular flexibility index (Phi) is 16.9. The molecule has 3 heterocycles. The van der Waals surface area contributed by atoms with Crippen LogP contribution in [0.2, 0.25) is 0 Å². The molecule has 1 atom stereocenters. The number of likely N-dealkylation sites (tertiary alicyclic amines) is 1. The summed E-state index contributed by atoms with van der Waals surface area (Å²) in [5, 5.41) is 1.91. The summed E-state index contributed by atoms with van der Waals surface area (Å²) in [4.78, 5) is 11.0. The second-order valence-corrected chi connectivity index (χ2v) is 14.2. The molecule has 1 saturated heterocycles. The lowest BCUT2D eigenvalue weighted by atomic mass is 10.1.